The first-order valence-corrected chi connectivity index (χ1v) is 9.57. The Labute approximate surface area is 151 Å². The number of rotatable bonds is 5. The first kappa shape index (κ1) is 16.7. The zero-order valence-electron chi connectivity index (χ0n) is 13.8. The van der Waals surface area contributed by atoms with Gasteiger partial charge in [0.1, 0.15) is 5.75 Å². The van der Waals surface area contributed by atoms with Crippen LogP contribution < -0.4 is 4.74 Å². The van der Waals surface area contributed by atoms with Crippen LogP contribution in [0.15, 0.2) is 47.6 Å². The third kappa shape index (κ3) is 3.90. The monoisotopic (exact) mass is 360 g/mol. The Hall–Kier alpha value is -1.79. The van der Waals surface area contributed by atoms with Crippen LogP contribution in [0.5, 0.6) is 11.5 Å². The van der Waals surface area contributed by atoms with E-state index in [9.17, 15) is 9.50 Å². The maximum absolute atomic E-state index is 13.7. The summed E-state index contributed by atoms with van der Waals surface area (Å²) in [6.07, 6.45) is 3.60. The number of hydrogen-bond acceptors (Lipinski definition) is 5. The molecular weight excluding hydrogens is 339 g/mol. The Morgan fingerprint density at radius 3 is 2.60 bits per heavy atom. The molecule has 6 heteroatoms. The van der Waals surface area contributed by atoms with E-state index in [1.165, 1.54) is 12.3 Å². The van der Waals surface area contributed by atoms with E-state index in [0.29, 0.717) is 17.6 Å². The first-order chi connectivity index (χ1) is 12.2. The average molecular weight is 360 g/mol. The molecule has 0 bridgehead atoms. The van der Waals surface area contributed by atoms with Gasteiger partial charge in [-0.1, -0.05) is 23.9 Å². The van der Waals surface area contributed by atoms with Crippen LogP contribution in [-0.2, 0) is 0 Å². The van der Waals surface area contributed by atoms with E-state index >= 15 is 0 Å². The second-order valence-electron chi connectivity index (χ2n) is 6.83. The van der Waals surface area contributed by atoms with E-state index in [4.69, 9.17) is 4.74 Å². The van der Waals surface area contributed by atoms with Crippen LogP contribution in [0.3, 0.4) is 0 Å². The lowest BCUT2D eigenvalue weighted by Gasteiger charge is -2.19. The number of aromatic hydroxyl groups is 1. The summed E-state index contributed by atoms with van der Waals surface area (Å²) >= 11 is 1.69. The van der Waals surface area contributed by atoms with Crippen molar-refractivity contribution in [2.75, 3.05) is 19.0 Å². The average Bonchev–Trinajstić information content (AvgIpc) is 3.14. The number of ether oxygens (including phenoxy) is 1. The summed E-state index contributed by atoms with van der Waals surface area (Å²) < 4.78 is 19.6. The Bertz CT molecular complexity index is 714. The quantitative estimate of drug-likeness (QED) is 0.823. The summed E-state index contributed by atoms with van der Waals surface area (Å²) in [7, 11) is 0. The van der Waals surface area contributed by atoms with Crippen LogP contribution in [0, 0.1) is 17.7 Å². The number of thioether (sulfide) groups is 1. The van der Waals surface area contributed by atoms with Gasteiger partial charge in [0.2, 0.25) is 0 Å². The number of para-hydroxylation sites is 1. The standard InChI is InChI=1S/C19H21FN2O2S/c20-17-3-1-2-4-18(17)24-16-7-13-10-22(11-14(13)8-16)12-25-19-6-5-15(23)9-21-19/h1-6,9,13-14,16,23H,7-8,10-12H2/t13-,14+,16+. The topological polar surface area (TPSA) is 45.6 Å². The highest BCUT2D eigenvalue weighted by Gasteiger charge is 2.41. The lowest BCUT2D eigenvalue weighted by Crippen LogP contribution is -2.24. The molecule has 2 aromatic rings. The van der Waals surface area contributed by atoms with Crippen molar-refractivity contribution in [3.8, 4) is 11.5 Å². The van der Waals surface area contributed by atoms with Crippen LogP contribution in [0.25, 0.3) is 0 Å². The normalized spacial score (nSPS) is 25.9. The van der Waals surface area contributed by atoms with E-state index in [1.54, 1.807) is 30.0 Å². The van der Waals surface area contributed by atoms with Crippen LogP contribution in [0.1, 0.15) is 12.8 Å². The minimum Gasteiger partial charge on any atom is -0.506 e. The molecule has 0 unspecified atom stereocenters. The van der Waals surface area contributed by atoms with Gasteiger partial charge in [0.15, 0.2) is 11.6 Å². The van der Waals surface area contributed by atoms with Crippen molar-refractivity contribution >= 4 is 11.8 Å². The number of benzene rings is 1. The molecule has 1 aromatic heterocycles. The number of fused-ring (bicyclic) bond motifs is 1. The summed E-state index contributed by atoms with van der Waals surface area (Å²) in [4.78, 5) is 6.66. The van der Waals surface area contributed by atoms with Gasteiger partial charge in [-0.05, 0) is 48.9 Å². The minimum absolute atomic E-state index is 0.125. The Morgan fingerprint density at radius 1 is 1.16 bits per heavy atom. The van der Waals surface area contributed by atoms with Crippen molar-refractivity contribution in [1.29, 1.82) is 0 Å². The lowest BCUT2D eigenvalue weighted by atomic mass is 10.0. The van der Waals surface area contributed by atoms with E-state index in [2.05, 4.69) is 9.88 Å². The van der Waals surface area contributed by atoms with E-state index in [1.807, 2.05) is 12.1 Å². The lowest BCUT2D eigenvalue weighted by molar-refractivity contribution is 0.182. The van der Waals surface area contributed by atoms with Gasteiger partial charge in [0, 0.05) is 13.1 Å². The molecule has 1 aliphatic heterocycles. The predicted molar refractivity (Wildman–Crippen MR) is 95.2 cm³/mol. The number of halogens is 1. The van der Waals surface area contributed by atoms with Gasteiger partial charge in [-0.25, -0.2) is 9.37 Å². The smallest absolute Gasteiger partial charge is 0.165 e. The van der Waals surface area contributed by atoms with Crippen LogP contribution in [0.2, 0.25) is 0 Å². The fourth-order valence-electron chi connectivity index (χ4n) is 3.88. The minimum atomic E-state index is -0.279. The second kappa shape index (κ2) is 7.22. The van der Waals surface area contributed by atoms with Crippen molar-refractivity contribution in [2.45, 2.75) is 24.0 Å². The zero-order valence-corrected chi connectivity index (χ0v) is 14.7. The number of likely N-dealkylation sites (tertiary alicyclic amines) is 1. The molecule has 2 fully saturated rings. The first-order valence-electron chi connectivity index (χ1n) is 8.59. The highest BCUT2D eigenvalue weighted by molar-refractivity contribution is 7.99. The van der Waals surface area contributed by atoms with Gasteiger partial charge in [0.05, 0.1) is 23.2 Å². The van der Waals surface area contributed by atoms with Crippen LogP contribution >= 0.6 is 11.8 Å². The van der Waals surface area contributed by atoms with Crippen molar-refractivity contribution in [3.05, 3.63) is 48.4 Å². The zero-order chi connectivity index (χ0) is 17.2. The molecule has 0 amide bonds. The fourth-order valence-corrected chi connectivity index (χ4v) is 4.70. The van der Waals surface area contributed by atoms with E-state index in [-0.39, 0.29) is 17.7 Å². The van der Waals surface area contributed by atoms with Crippen molar-refractivity contribution in [3.63, 3.8) is 0 Å². The molecule has 132 valence electrons. The van der Waals surface area contributed by atoms with Crippen molar-refractivity contribution in [1.82, 2.24) is 9.88 Å². The molecule has 25 heavy (non-hydrogen) atoms. The predicted octanol–water partition coefficient (Wildman–Crippen LogP) is 3.77. The molecule has 2 aliphatic rings. The Kier molecular flexibility index (Phi) is 4.81. The molecule has 1 N–H and O–H groups in total. The molecule has 4 nitrogen and oxygen atoms in total. The third-order valence-electron chi connectivity index (χ3n) is 5.03. The summed E-state index contributed by atoms with van der Waals surface area (Å²) in [5, 5.41) is 10.2. The molecule has 1 saturated heterocycles. The van der Waals surface area contributed by atoms with Gasteiger partial charge in [-0.15, -0.1) is 0 Å². The molecule has 0 radical (unpaired) electrons. The summed E-state index contributed by atoms with van der Waals surface area (Å²) in [5.74, 6) is 2.46. The summed E-state index contributed by atoms with van der Waals surface area (Å²) in [5.41, 5.74) is 0. The van der Waals surface area contributed by atoms with Crippen molar-refractivity contribution in [2.24, 2.45) is 11.8 Å². The highest BCUT2D eigenvalue weighted by atomic mass is 32.2. The van der Waals surface area contributed by atoms with Gasteiger partial charge in [-0.3, -0.25) is 4.90 Å². The van der Waals surface area contributed by atoms with Gasteiger partial charge >= 0.3 is 0 Å². The Morgan fingerprint density at radius 2 is 1.92 bits per heavy atom. The van der Waals surface area contributed by atoms with Crippen LogP contribution in [-0.4, -0.2) is 40.1 Å². The number of nitrogens with zero attached hydrogens (tertiary/aromatic N) is 2. The molecule has 1 saturated carbocycles. The van der Waals surface area contributed by atoms with E-state index in [0.717, 1.165) is 36.8 Å². The number of pyridine rings is 1. The maximum Gasteiger partial charge on any atom is 0.165 e. The number of aromatic nitrogens is 1. The molecule has 3 atom stereocenters. The molecule has 4 rings (SSSR count). The van der Waals surface area contributed by atoms with Gasteiger partial charge in [-0.2, -0.15) is 0 Å². The SMILES string of the molecule is Oc1ccc(SCN2C[C@H]3C[C@H](Oc4ccccc4F)C[C@H]3C2)nc1. The highest BCUT2D eigenvalue weighted by Crippen LogP contribution is 2.40. The molecule has 1 aliphatic carbocycles. The Balaban J connectivity index is 1.26. The maximum atomic E-state index is 13.7. The fraction of sp³-hybridized carbons (Fsp3) is 0.421. The largest absolute Gasteiger partial charge is 0.506 e. The summed E-state index contributed by atoms with van der Waals surface area (Å²) in [6.45, 7) is 2.12. The molecule has 2 heterocycles. The van der Waals surface area contributed by atoms with Crippen molar-refractivity contribution < 1.29 is 14.2 Å². The number of hydrogen-bond donors (Lipinski definition) is 1. The second-order valence-corrected chi connectivity index (χ2v) is 7.79. The third-order valence-corrected chi connectivity index (χ3v) is 6.06. The van der Waals surface area contributed by atoms with Gasteiger partial charge in [0.25, 0.3) is 0 Å². The molecule has 1 aromatic carbocycles. The molecular formula is C19H21FN2O2S. The molecule has 0 spiro atoms. The van der Waals surface area contributed by atoms with Gasteiger partial charge < -0.3 is 9.84 Å². The van der Waals surface area contributed by atoms with E-state index < -0.39 is 0 Å². The summed E-state index contributed by atoms with van der Waals surface area (Å²) in [6, 6.07) is 10.2. The van der Waals surface area contributed by atoms with Crippen LogP contribution in [0.4, 0.5) is 4.39 Å².